The molecule has 0 spiro atoms. The summed E-state index contributed by atoms with van der Waals surface area (Å²) in [5.41, 5.74) is 13.6. The molecule has 0 bridgehead atoms. The molecule has 22 nitrogen and oxygen atoms in total. The number of nitrogens with one attached hydrogen (secondary N) is 2. The van der Waals surface area contributed by atoms with Gasteiger partial charge in [0.2, 0.25) is 17.0 Å². The molecule has 11 N–H and O–H groups in total. The molecule has 0 radical (unpaired) electrons. The van der Waals surface area contributed by atoms with E-state index in [1.54, 1.807) is 29.1 Å². The zero-order valence-corrected chi connectivity index (χ0v) is 36.6. The highest BCUT2D eigenvalue weighted by Crippen LogP contribution is 2.42. The van der Waals surface area contributed by atoms with Gasteiger partial charge in [-0.2, -0.15) is 0 Å². The van der Waals surface area contributed by atoms with E-state index in [2.05, 4.69) is 31.1 Å². The van der Waals surface area contributed by atoms with Gasteiger partial charge in [0.15, 0.2) is 5.13 Å². The molecule has 332 valence electrons. The van der Waals surface area contributed by atoms with Crippen LogP contribution in [0.5, 0.6) is 5.75 Å². The Morgan fingerprint density at radius 1 is 1.00 bits per heavy atom. The third-order valence-corrected chi connectivity index (χ3v) is 13.9. The molecule has 4 amide bonds. The summed E-state index contributed by atoms with van der Waals surface area (Å²) < 4.78 is 1.67. The van der Waals surface area contributed by atoms with Crippen LogP contribution < -0.4 is 22.1 Å². The van der Waals surface area contributed by atoms with Gasteiger partial charge in [0.25, 0.3) is 11.8 Å². The topological polar surface area (TPSA) is 337 Å². The van der Waals surface area contributed by atoms with E-state index in [-0.39, 0.29) is 34.9 Å². The van der Waals surface area contributed by atoms with Gasteiger partial charge < -0.3 is 47.8 Å². The SMILES string of the molecule is C/C=C\C1=C(C(=O)O)N2C(=O)[C@@H](NC(=O)[C@H](N)c3ccc(O)cc3)[C@H]2SC1.CN(C)CCn1nnnc1SCC1=C(C(=O)O)N2C(=O)[C@@H](NC(=O)Cc3csc(N)n3)[C@H]2SC1.O. The van der Waals surface area contributed by atoms with Gasteiger partial charge >= 0.3 is 11.9 Å². The lowest BCUT2D eigenvalue weighted by molar-refractivity contribution is -0.150. The van der Waals surface area contributed by atoms with Crippen LogP contribution in [0.2, 0.25) is 0 Å². The van der Waals surface area contributed by atoms with Gasteiger partial charge in [-0.1, -0.05) is 36.0 Å². The number of carboxylic acid groups (broad SMARTS) is 2. The first-order valence-corrected chi connectivity index (χ1v) is 22.4. The third kappa shape index (κ3) is 10.4. The molecule has 26 heteroatoms. The van der Waals surface area contributed by atoms with E-state index in [1.807, 2.05) is 19.0 Å². The Labute approximate surface area is 370 Å². The summed E-state index contributed by atoms with van der Waals surface area (Å²) >= 11 is 5.37. The number of carbonyl (C=O) groups excluding carboxylic acids is 4. The Kier molecular flexibility index (Phi) is 15.8. The average molecular weight is 933 g/mol. The highest BCUT2D eigenvalue weighted by Gasteiger charge is 2.55. The molecule has 5 atom stereocenters. The standard InChI is InChI=1S/C18H23N9O4S3.C18H19N3O5S.H2O/c1-25(2)3-4-26-18(22-23-24-26)34-7-9-6-32-15-12(14(29)27(15)13(9)16(30)31)21-11(28)5-10-8-33-17(19)20-10;1-2-3-10-8-27-17-13(16(24)21(17)14(10)18(25)26)20-15(23)12(19)9-4-6-11(22)7-5-9;/h8,12,15H,3-7H2,1-2H3,(H2,19,20)(H,21,28)(H,30,31);2-7,12-13,17,22H,8,19H2,1H3,(H,20,23)(H,25,26);1H2/b;3-2-;/t12-,15-;12-,13-,17-;/m11./s1. The van der Waals surface area contributed by atoms with Gasteiger partial charge in [0.1, 0.15) is 46.0 Å². The summed E-state index contributed by atoms with van der Waals surface area (Å²) in [6, 6.07) is 3.28. The fraction of sp³-hybridized carbons (Fsp3) is 0.389. The summed E-state index contributed by atoms with van der Waals surface area (Å²) in [6.07, 6.45) is 3.40. The number of likely N-dealkylation sites (N-methyl/N-ethyl adjacent to an activating group) is 1. The maximum Gasteiger partial charge on any atom is 0.352 e. The summed E-state index contributed by atoms with van der Waals surface area (Å²) in [6.45, 7) is 3.13. The smallest absolute Gasteiger partial charge is 0.352 e. The number of fused-ring (bicyclic) bond motifs is 2. The number of phenols is 1. The van der Waals surface area contributed by atoms with Gasteiger partial charge in [-0.25, -0.2) is 19.3 Å². The normalized spacial score (nSPS) is 20.9. The van der Waals surface area contributed by atoms with E-state index in [4.69, 9.17) is 11.5 Å². The molecule has 0 aliphatic carbocycles. The number of carboxylic acids is 2. The average Bonchev–Trinajstić information content (AvgIpc) is 3.87. The van der Waals surface area contributed by atoms with Crippen LogP contribution in [0.15, 0.2) is 69.5 Å². The Hall–Kier alpha value is -5.51. The lowest BCUT2D eigenvalue weighted by Gasteiger charge is -2.49. The number of aliphatic carboxylic acids is 2. The van der Waals surface area contributed by atoms with Crippen LogP contribution in [-0.2, 0) is 41.7 Å². The van der Waals surface area contributed by atoms with Crippen molar-refractivity contribution in [2.75, 3.05) is 43.6 Å². The second kappa shape index (κ2) is 20.6. The number of aromatic nitrogens is 5. The van der Waals surface area contributed by atoms with Crippen LogP contribution in [0.3, 0.4) is 0 Å². The zero-order chi connectivity index (χ0) is 44.1. The number of nitrogens with two attached hydrogens (primary N) is 2. The molecule has 4 aliphatic heterocycles. The van der Waals surface area contributed by atoms with Crippen LogP contribution in [0.25, 0.3) is 0 Å². The summed E-state index contributed by atoms with van der Waals surface area (Å²) in [4.78, 5) is 82.3. The quantitative estimate of drug-likeness (QED) is 0.0727. The van der Waals surface area contributed by atoms with E-state index >= 15 is 0 Å². The predicted molar refractivity (Wildman–Crippen MR) is 230 cm³/mol. The number of thioether (sulfide) groups is 3. The molecule has 0 saturated carbocycles. The highest BCUT2D eigenvalue weighted by molar-refractivity contribution is 8.01. The van der Waals surface area contributed by atoms with Crippen molar-refractivity contribution < 1.29 is 49.6 Å². The first-order valence-electron chi connectivity index (χ1n) is 18.4. The van der Waals surface area contributed by atoms with Crippen LogP contribution >= 0.6 is 46.6 Å². The third-order valence-electron chi connectivity index (χ3n) is 9.51. The van der Waals surface area contributed by atoms with Gasteiger partial charge in [-0.15, -0.1) is 40.0 Å². The minimum Gasteiger partial charge on any atom is -0.508 e. The number of aromatic hydroxyl groups is 1. The monoisotopic (exact) mass is 932 g/mol. The van der Waals surface area contributed by atoms with E-state index < -0.39 is 58.5 Å². The number of β-lactam (4-membered cyclic amide) rings is 2. The first-order chi connectivity index (χ1) is 29.1. The van der Waals surface area contributed by atoms with Crippen molar-refractivity contribution in [1.82, 2.24) is 50.5 Å². The highest BCUT2D eigenvalue weighted by atomic mass is 32.2. The molecule has 62 heavy (non-hydrogen) atoms. The molecule has 2 saturated heterocycles. The molecule has 2 aromatic heterocycles. The van der Waals surface area contributed by atoms with Crippen LogP contribution in [-0.4, -0.2) is 157 Å². The number of nitrogens with zero attached hydrogens (tertiary/aromatic N) is 8. The second-order valence-corrected chi connectivity index (χ2v) is 18.0. The Morgan fingerprint density at radius 3 is 2.23 bits per heavy atom. The lowest BCUT2D eigenvalue weighted by Crippen LogP contribution is -2.71. The summed E-state index contributed by atoms with van der Waals surface area (Å²) in [5.74, 6) is -2.95. The fourth-order valence-electron chi connectivity index (χ4n) is 6.52. The summed E-state index contributed by atoms with van der Waals surface area (Å²) in [7, 11) is 3.90. The Balaban J connectivity index is 0.000000236. The number of amides is 4. The van der Waals surface area contributed by atoms with Gasteiger partial charge in [-0.05, 0) is 60.3 Å². The molecule has 1 aromatic carbocycles. The van der Waals surface area contributed by atoms with Crippen LogP contribution in [0.1, 0.15) is 24.2 Å². The van der Waals surface area contributed by atoms with Crippen molar-refractivity contribution >= 4 is 87.3 Å². The lowest BCUT2D eigenvalue weighted by atomic mass is 10.0. The Bertz CT molecular complexity index is 2300. The first kappa shape index (κ1) is 47.5. The largest absolute Gasteiger partial charge is 0.508 e. The number of anilines is 1. The predicted octanol–water partition coefficient (Wildman–Crippen LogP) is -0.771. The number of benzene rings is 1. The molecular formula is C36H44N12O10S4. The molecule has 0 unspecified atom stereocenters. The minimum atomic E-state index is -1.18. The Morgan fingerprint density at radius 2 is 1.63 bits per heavy atom. The van der Waals surface area contributed by atoms with Crippen LogP contribution in [0.4, 0.5) is 5.13 Å². The van der Waals surface area contributed by atoms with E-state index in [1.165, 1.54) is 80.7 Å². The molecule has 7 rings (SSSR count). The maximum atomic E-state index is 12.8. The van der Waals surface area contributed by atoms with Gasteiger partial charge in [0.05, 0.1) is 18.7 Å². The van der Waals surface area contributed by atoms with Crippen molar-refractivity contribution in [3.63, 3.8) is 0 Å². The van der Waals surface area contributed by atoms with Crippen molar-refractivity contribution in [2.45, 2.75) is 53.9 Å². The zero-order valence-electron chi connectivity index (χ0n) is 33.3. The number of nitrogen functional groups attached to an aromatic ring is 1. The van der Waals surface area contributed by atoms with Crippen molar-refractivity contribution in [3.05, 3.63) is 75.6 Å². The number of hydrogen-bond acceptors (Lipinski definition) is 18. The molecule has 6 heterocycles. The minimum absolute atomic E-state index is 0. The number of tetrazole rings is 1. The second-order valence-electron chi connectivity index (χ2n) is 14.0. The van der Waals surface area contributed by atoms with E-state index in [9.17, 15) is 44.1 Å². The number of carbonyl (C=O) groups is 6. The van der Waals surface area contributed by atoms with Crippen LogP contribution in [0, 0.1) is 0 Å². The fourth-order valence-corrected chi connectivity index (χ4v) is 10.8. The summed E-state index contributed by atoms with van der Waals surface area (Å²) in [5, 5.41) is 47.3. The van der Waals surface area contributed by atoms with E-state index in [0.717, 1.165) is 6.54 Å². The van der Waals surface area contributed by atoms with Crippen molar-refractivity contribution in [1.29, 1.82) is 0 Å². The van der Waals surface area contributed by atoms with Gasteiger partial charge in [-0.3, -0.25) is 29.0 Å². The number of thiazole rings is 1. The van der Waals surface area contributed by atoms with Crippen molar-refractivity contribution in [2.24, 2.45) is 5.73 Å². The van der Waals surface area contributed by atoms with E-state index in [0.29, 0.717) is 56.5 Å². The number of phenolic OH excluding ortho intramolecular Hbond substituents is 1. The number of hydrogen-bond donors (Lipinski definition) is 7. The molecule has 3 aromatic rings. The van der Waals surface area contributed by atoms with Crippen molar-refractivity contribution in [3.8, 4) is 5.75 Å². The molecule has 2 fully saturated rings. The molecular weight excluding hydrogens is 889 g/mol. The van der Waals surface area contributed by atoms with Gasteiger partial charge in [0, 0.05) is 29.2 Å². The number of rotatable bonds is 15. The number of allylic oxidation sites excluding steroid dienone is 2. The maximum absolute atomic E-state index is 12.8. The molecule has 4 aliphatic rings.